The largest absolute Gasteiger partial charge is 0.368 e. The first-order valence-corrected chi connectivity index (χ1v) is 8.16. The number of nitrogens with one attached hydrogen (secondary N) is 2. The lowest BCUT2D eigenvalue weighted by Crippen LogP contribution is -2.42. The lowest BCUT2D eigenvalue weighted by atomic mass is 9.66. The predicted molar refractivity (Wildman–Crippen MR) is 85.9 cm³/mol. The standard InChI is InChI=1S/C17H20FN5/c18-13-3-1-8-20-16(13)17(6-2-7-17)11-21-15-5-4-14(22-23-15)12-9-19-10-12/h1,3-5,8,12,19H,2,6-7,9-11H2,(H,21,23). The van der Waals surface area contributed by atoms with Crippen LogP contribution in [0.3, 0.4) is 0 Å². The van der Waals surface area contributed by atoms with E-state index in [9.17, 15) is 4.39 Å². The zero-order valence-corrected chi connectivity index (χ0v) is 12.9. The van der Waals surface area contributed by atoms with Gasteiger partial charge in [0.25, 0.3) is 0 Å². The van der Waals surface area contributed by atoms with Gasteiger partial charge in [0, 0.05) is 37.2 Å². The van der Waals surface area contributed by atoms with E-state index in [1.54, 1.807) is 12.3 Å². The molecule has 1 aliphatic carbocycles. The second kappa shape index (κ2) is 5.85. The van der Waals surface area contributed by atoms with Crippen molar-refractivity contribution in [1.29, 1.82) is 0 Å². The Labute approximate surface area is 134 Å². The van der Waals surface area contributed by atoms with Crippen LogP contribution in [0, 0.1) is 5.82 Å². The molecule has 0 bridgehead atoms. The Bertz CT molecular complexity index is 680. The predicted octanol–water partition coefficient (Wildman–Crippen LogP) is 2.23. The molecule has 1 saturated carbocycles. The van der Waals surface area contributed by atoms with E-state index in [0.717, 1.165) is 43.9 Å². The molecular weight excluding hydrogens is 293 g/mol. The van der Waals surface area contributed by atoms with E-state index >= 15 is 0 Å². The zero-order valence-electron chi connectivity index (χ0n) is 12.9. The lowest BCUT2D eigenvalue weighted by Gasteiger charge is -2.41. The Morgan fingerprint density at radius 1 is 1.22 bits per heavy atom. The number of rotatable bonds is 5. The molecule has 5 nitrogen and oxygen atoms in total. The Morgan fingerprint density at radius 3 is 2.65 bits per heavy atom. The quantitative estimate of drug-likeness (QED) is 0.886. The van der Waals surface area contributed by atoms with Crippen molar-refractivity contribution < 1.29 is 4.39 Å². The summed E-state index contributed by atoms with van der Waals surface area (Å²) in [6.07, 6.45) is 4.68. The van der Waals surface area contributed by atoms with Gasteiger partial charge in [-0.15, -0.1) is 5.10 Å². The van der Waals surface area contributed by atoms with Crippen LogP contribution >= 0.6 is 0 Å². The SMILES string of the molecule is Fc1cccnc1C1(CNc2ccc(C3CNC3)nn2)CCC1. The fraction of sp³-hybridized carbons (Fsp3) is 0.471. The van der Waals surface area contributed by atoms with Gasteiger partial charge in [-0.1, -0.05) is 6.42 Å². The summed E-state index contributed by atoms with van der Waals surface area (Å²) in [5.41, 5.74) is 1.39. The van der Waals surface area contributed by atoms with Crippen LogP contribution in [0.1, 0.15) is 36.6 Å². The molecule has 0 aromatic carbocycles. The number of pyridine rings is 1. The number of hydrogen-bond donors (Lipinski definition) is 2. The summed E-state index contributed by atoms with van der Waals surface area (Å²) in [4.78, 5) is 4.28. The summed E-state index contributed by atoms with van der Waals surface area (Å²) in [6, 6.07) is 7.11. The molecule has 2 N–H and O–H groups in total. The smallest absolute Gasteiger partial charge is 0.148 e. The van der Waals surface area contributed by atoms with Crippen LogP contribution in [-0.2, 0) is 5.41 Å². The molecule has 23 heavy (non-hydrogen) atoms. The first-order chi connectivity index (χ1) is 11.3. The lowest BCUT2D eigenvalue weighted by molar-refractivity contribution is 0.243. The average Bonchev–Trinajstić information content (AvgIpc) is 2.48. The highest BCUT2D eigenvalue weighted by atomic mass is 19.1. The van der Waals surface area contributed by atoms with Crippen molar-refractivity contribution in [3.8, 4) is 0 Å². The average molecular weight is 313 g/mol. The Kier molecular flexibility index (Phi) is 3.69. The molecule has 2 aromatic heterocycles. The van der Waals surface area contributed by atoms with Crippen molar-refractivity contribution in [1.82, 2.24) is 20.5 Å². The van der Waals surface area contributed by atoms with E-state index in [2.05, 4.69) is 25.8 Å². The fourth-order valence-electron chi connectivity index (χ4n) is 3.29. The van der Waals surface area contributed by atoms with E-state index in [1.165, 1.54) is 6.07 Å². The third-order valence-corrected chi connectivity index (χ3v) is 5.06. The molecule has 2 fully saturated rings. The van der Waals surface area contributed by atoms with Crippen molar-refractivity contribution in [2.75, 3.05) is 25.0 Å². The van der Waals surface area contributed by atoms with Gasteiger partial charge in [0.2, 0.25) is 0 Å². The minimum atomic E-state index is -0.219. The maximum atomic E-state index is 14.1. The Balaban J connectivity index is 1.45. The summed E-state index contributed by atoms with van der Waals surface area (Å²) in [7, 11) is 0. The summed E-state index contributed by atoms with van der Waals surface area (Å²) in [5.74, 6) is 1.01. The third-order valence-electron chi connectivity index (χ3n) is 5.06. The van der Waals surface area contributed by atoms with Crippen LogP contribution in [0.15, 0.2) is 30.5 Å². The summed E-state index contributed by atoms with van der Waals surface area (Å²) in [5, 5.41) is 15.1. The first-order valence-electron chi connectivity index (χ1n) is 8.16. The minimum Gasteiger partial charge on any atom is -0.368 e. The van der Waals surface area contributed by atoms with Gasteiger partial charge in [-0.2, -0.15) is 5.10 Å². The van der Waals surface area contributed by atoms with Crippen molar-refractivity contribution >= 4 is 5.82 Å². The Hall–Kier alpha value is -2.08. The monoisotopic (exact) mass is 313 g/mol. The van der Waals surface area contributed by atoms with Gasteiger partial charge in [-0.25, -0.2) is 4.39 Å². The molecule has 0 amide bonds. The molecule has 2 aliphatic rings. The maximum Gasteiger partial charge on any atom is 0.148 e. The minimum absolute atomic E-state index is 0.215. The molecule has 0 atom stereocenters. The third kappa shape index (κ3) is 2.67. The van der Waals surface area contributed by atoms with Gasteiger partial charge in [0.05, 0.1) is 11.4 Å². The summed E-state index contributed by atoms with van der Waals surface area (Å²) >= 11 is 0. The zero-order chi connectivity index (χ0) is 15.7. The van der Waals surface area contributed by atoms with Crippen LogP contribution in [-0.4, -0.2) is 34.8 Å². The normalized spacial score (nSPS) is 19.7. The van der Waals surface area contributed by atoms with Crippen LogP contribution in [0.4, 0.5) is 10.2 Å². The molecule has 0 radical (unpaired) electrons. The van der Waals surface area contributed by atoms with Crippen LogP contribution in [0.2, 0.25) is 0 Å². The molecule has 3 heterocycles. The molecule has 4 rings (SSSR count). The fourth-order valence-corrected chi connectivity index (χ4v) is 3.29. The van der Waals surface area contributed by atoms with Gasteiger partial charge >= 0.3 is 0 Å². The van der Waals surface area contributed by atoms with Crippen LogP contribution < -0.4 is 10.6 Å². The molecule has 1 saturated heterocycles. The molecule has 0 unspecified atom stereocenters. The highest BCUT2D eigenvalue weighted by Crippen LogP contribution is 2.43. The second-order valence-corrected chi connectivity index (χ2v) is 6.52. The number of aromatic nitrogens is 3. The van der Waals surface area contributed by atoms with Crippen LogP contribution in [0.5, 0.6) is 0 Å². The maximum absolute atomic E-state index is 14.1. The molecule has 1 aliphatic heterocycles. The molecular formula is C17H20FN5. The van der Waals surface area contributed by atoms with E-state index in [4.69, 9.17) is 0 Å². The van der Waals surface area contributed by atoms with E-state index in [-0.39, 0.29) is 11.2 Å². The van der Waals surface area contributed by atoms with Gasteiger partial charge in [0.1, 0.15) is 11.6 Å². The summed E-state index contributed by atoms with van der Waals surface area (Å²) < 4.78 is 14.1. The molecule has 120 valence electrons. The number of hydrogen-bond acceptors (Lipinski definition) is 5. The number of nitrogens with zero attached hydrogens (tertiary/aromatic N) is 3. The van der Waals surface area contributed by atoms with E-state index in [1.807, 2.05) is 12.1 Å². The van der Waals surface area contributed by atoms with Gasteiger partial charge in [0.15, 0.2) is 0 Å². The van der Waals surface area contributed by atoms with E-state index < -0.39 is 0 Å². The number of halogens is 1. The highest BCUT2D eigenvalue weighted by Gasteiger charge is 2.41. The first kappa shape index (κ1) is 14.5. The molecule has 6 heteroatoms. The highest BCUT2D eigenvalue weighted by molar-refractivity contribution is 5.36. The van der Waals surface area contributed by atoms with Crippen molar-refractivity contribution in [3.63, 3.8) is 0 Å². The van der Waals surface area contributed by atoms with Gasteiger partial charge in [-0.05, 0) is 37.1 Å². The molecule has 0 spiro atoms. The van der Waals surface area contributed by atoms with Gasteiger partial charge < -0.3 is 10.6 Å². The second-order valence-electron chi connectivity index (χ2n) is 6.52. The van der Waals surface area contributed by atoms with Crippen molar-refractivity contribution in [2.24, 2.45) is 0 Å². The van der Waals surface area contributed by atoms with Crippen LogP contribution in [0.25, 0.3) is 0 Å². The van der Waals surface area contributed by atoms with Gasteiger partial charge in [-0.3, -0.25) is 4.98 Å². The van der Waals surface area contributed by atoms with Crippen molar-refractivity contribution in [3.05, 3.63) is 47.7 Å². The topological polar surface area (TPSA) is 62.7 Å². The molecule has 2 aromatic rings. The van der Waals surface area contributed by atoms with E-state index in [0.29, 0.717) is 18.2 Å². The Morgan fingerprint density at radius 2 is 2.09 bits per heavy atom. The summed E-state index contributed by atoms with van der Waals surface area (Å²) in [6.45, 7) is 2.59. The number of anilines is 1. The van der Waals surface area contributed by atoms with Crippen molar-refractivity contribution in [2.45, 2.75) is 30.6 Å².